The number of hydrogen-bond donors (Lipinski definition) is 1. The SMILES string of the molecule is CCC(=O)Oc1ccc2cn[nH]c2c1C. The lowest BCUT2D eigenvalue weighted by Crippen LogP contribution is -2.06. The number of aromatic nitrogens is 2. The molecule has 0 fully saturated rings. The monoisotopic (exact) mass is 204 g/mol. The van der Waals surface area contributed by atoms with E-state index in [0.717, 1.165) is 16.5 Å². The van der Waals surface area contributed by atoms with Crippen molar-refractivity contribution >= 4 is 16.9 Å². The van der Waals surface area contributed by atoms with Crippen molar-refractivity contribution in [1.82, 2.24) is 10.2 Å². The summed E-state index contributed by atoms with van der Waals surface area (Å²) in [5.74, 6) is 0.371. The maximum absolute atomic E-state index is 11.2. The number of benzene rings is 1. The van der Waals surface area contributed by atoms with E-state index >= 15 is 0 Å². The number of aryl methyl sites for hydroxylation is 1. The van der Waals surface area contributed by atoms with Crippen molar-refractivity contribution in [3.8, 4) is 5.75 Å². The Hall–Kier alpha value is -1.84. The standard InChI is InChI=1S/C11H12N2O2/c1-3-10(14)15-9-5-4-8-6-12-13-11(8)7(9)2/h4-6H,3H2,1-2H3,(H,12,13). The molecule has 0 spiro atoms. The molecule has 0 saturated carbocycles. The highest BCUT2D eigenvalue weighted by atomic mass is 16.5. The first kappa shape index (κ1) is 9.71. The number of aromatic amines is 1. The smallest absolute Gasteiger partial charge is 0.310 e. The van der Waals surface area contributed by atoms with Gasteiger partial charge in [0.15, 0.2) is 0 Å². The highest BCUT2D eigenvalue weighted by Crippen LogP contribution is 2.25. The van der Waals surface area contributed by atoms with Crippen molar-refractivity contribution in [3.05, 3.63) is 23.9 Å². The lowest BCUT2D eigenvalue weighted by molar-refractivity contribution is -0.134. The third-order valence-electron chi connectivity index (χ3n) is 2.34. The van der Waals surface area contributed by atoms with Crippen LogP contribution in [0.4, 0.5) is 0 Å². The molecule has 0 amide bonds. The van der Waals surface area contributed by atoms with Gasteiger partial charge in [-0.15, -0.1) is 0 Å². The molecule has 0 aliphatic carbocycles. The zero-order valence-corrected chi connectivity index (χ0v) is 8.70. The summed E-state index contributed by atoms with van der Waals surface area (Å²) in [6.45, 7) is 3.67. The lowest BCUT2D eigenvalue weighted by Gasteiger charge is -2.06. The number of rotatable bonds is 2. The fraction of sp³-hybridized carbons (Fsp3) is 0.273. The van der Waals surface area contributed by atoms with E-state index in [1.807, 2.05) is 13.0 Å². The van der Waals surface area contributed by atoms with Crippen LogP contribution in [0.2, 0.25) is 0 Å². The summed E-state index contributed by atoms with van der Waals surface area (Å²) >= 11 is 0. The Morgan fingerprint density at radius 1 is 1.53 bits per heavy atom. The molecule has 0 bridgehead atoms. The Balaban J connectivity index is 2.43. The van der Waals surface area contributed by atoms with E-state index in [2.05, 4.69) is 10.2 Å². The van der Waals surface area contributed by atoms with Crippen LogP contribution in [0.25, 0.3) is 10.9 Å². The molecule has 15 heavy (non-hydrogen) atoms. The molecular formula is C11H12N2O2. The van der Waals surface area contributed by atoms with Crippen LogP contribution in [0.3, 0.4) is 0 Å². The first-order valence-corrected chi connectivity index (χ1v) is 4.85. The highest BCUT2D eigenvalue weighted by Gasteiger charge is 2.08. The largest absolute Gasteiger partial charge is 0.426 e. The van der Waals surface area contributed by atoms with Gasteiger partial charge in [0.05, 0.1) is 11.7 Å². The Bertz CT molecular complexity index is 502. The molecule has 0 radical (unpaired) electrons. The summed E-state index contributed by atoms with van der Waals surface area (Å²) in [6.07, 6.45) is 2.12. The number of nitrogens with zero attached hydrogens (tertiary/aromatic N) is 1. The number of esters is 1. The quantitative estimate of drug-likeness (QED) is 0.602. The zero-order chi connectivity index (χ0) is 10.8. The van der Waals surface area contributed by atoms with E-state index in [1.54, 1.807) is 19.2 Å². The van der Waals surface area contributed by atoms with Gasteiger partial charge in [0.2, 0.25) is 0 Å². The third-order valence-corrected chi connectivity index (χ3v) is 2.34. The molecule has 1 aromatic carbocycles. The molecule has 2 aromatic rings. The fourth-order valence-electron chi connectivity index (χ4n) is 1.44. The summed E-state index contributed by atoms with van der Waals surface area (Å²) in [6, 6.07) is 3.67. The molecule has 1 heterocycles. The first-order chi connectivity index (χ1) is 7.22. The minimum Gasteiger partial charge on any atom is -0.426 e. The van der Waals surface area contributed by atoms with Gasteiger partial charge in [-0.05, 0) is 19.1 Å². The first-order valence-electron chi connectivity index (χ1n) is 4.85. The Kier molecular flexibility index (Phi) is 2.41. The molecule has 0 aliphatic heterocycles. The summed E-state index contributed by atoms with van der Waals surface area (Å²) in [5.41, 5.74) is 1.82. The number of carbonyl (C=O) groups excluding carboxylic acids is 1. The second-order valence-electron chi connectivity index (χ2n) is 3.35. The number of carbonyl (C=O) groups is 1. The molecular weight excluding hydrogens is 192 g/mol. The van der Waals surface area contributed by atoms with E-state index in [9.17, 15) is 4.79 Å². The topological polar surface area (TPSA) is 55.0 Å². The molecule has 78 valence electrons. The van der Waals surface area contributed by atoms with Crippen LogP contribution in [0.5, 0.6) is 5.75 Å². The van der Waals surface area contributed by atoms with Crippen molar-refractivity contribution in [2.45, 2.75) is 20.3 Å². The van der Waals surface area contributed by atoms with Crippen molar-refractivity contribution < 1.29 is 9.53 Å². The molecule has 2 rings (SSSR count). The Morgan fingerprint density at radius 2 is 2.33 bits per heavy atom. The fourth-order valence-corrected chi connectivity index (χ4v) is 1.44. The Labute approximate surface area is 87.2 Å². The van der Waals surface area contributed by atoms with Gasteiger partial charge in [0.25, 0.3) is 0 Å². The summed E-state index contributed by atoms with van der Waals surface area (Å²) < 4.78 is 5.19. The molecule has 0 atom stereocenters. The van der Waals surface area contributed by atoms with Crippen molar-refractivity contribution in [3.63, 3.8) is 0 Å². The molecule has 1 aromatic heterocycles. The molecule has 0 unspecified atom stereocenters. The second-order valence-corrected chi connectivity index (χ2v) is 3.35. The number of H-pyrrole nitrogens is 1. The van der Waals surface area contributed by atoms with Crippen LogP contribution >= 0.6 is 0 Å². The summed E-state index contributed by atoms with van der Waals surface area (Å²) in [5, 5.41) is 7.83. The van der Waals surface area contributed by atoms with Crippen LogP contribution < -0.4 is 4.74 Å². The van der Waals surface area contributed by atoms with Crippen LogP contribution in [-0.2, 0) is 4.79 Å². The predicted molar refractivity (Wildman–Crippen MR) is 56.8 cm³/mol. The lowest BCUT2D eigenvalue weighted by atomic mass is 10.1. The molecule has 4 heteroatoms. The maximum Gasteiger partial charge on any atom is 0.310 e. The number of hydrogen-bond acceptors (Lipinski definition) is 3. The third kappa shape index (κ3) is 1.70. The molecule has 0 aliphatic rings. The van der Waals surface area contributed by atoms with Crippen LogP contribution in [-0.4, -0.2) is 16.2 Å². The van der Waals surface area contributed by atoms with Crippen molar-refractivity contribution in [2.24, 2.45) is 0 Å². The number of fused-ring (bicyclic) bond motifs is 1. The van der Waals surface area contributed by atoms with E-state index < -0.39 is 0 Å². The Morgan fingerprint density at radius 3 is 3.07 bits per heavy atom. The summed E-state index contributed by atoms with van der Waals surface area (Å²) in [7, 11) is 0. The van der Waals surface area contributed by atoms with Gasteiger partial charge in [0.1, 0.15) is 5.75 Å². The normalized spacial score (nSPS) is 10.5. The maximum atomic E-state index is 11.2. The van der Waals surface area contributed by atoms with E-state index in [4.69, 9.17) is 4.74 Å². The van der Waals surface area contributed by atoms with Crippen molar-refractivity contribution in [2.75, 3.05) is 0 Å². The second kappa shape index (κ2) is 3.73. The van der Waals surface area contributed by atoms with Gasteiger partial charge >= 0.3 is 5.97 Å². The van der Waals surface area contributed by atoms with Gasteiger partial charge in [-0.2, -0.15) is 5.10 Å². The predicted octanol–water partition coefficient (Wildman–Crippen LogP) is 2.19. The van der Waals surface area contributed by atoms with E-state index in [1.165, 1.54) is 0 Å². The van der Waals surface area contributed by atoms with Crippen LogP contribution in [0.15, 0.2) is 18.3 Å². The van der Waals surface area contributed by atoms with E-state index in [-0.39, 0.29) is 5.97 Å². The van der Waals surface area contributed by atoms with Crippen LogP contribution in [0.1, 0.15) is 18.9 Å². The van der Waals surface area contributed by atoms with Gasteiger partial charge < -0.3 is 4.74 Å². The van der Waals surface area contributed by atoms with Gasteiger partial charge in [0, 0.05) is 17.4 Å². The van der Waals surface area contributed by atoms with Crippen LogP contribution in [0, 0.1) is 6.92 Å². The highest BCUT2D eigenvalue weighted by molar-refractivity contribution is 5.84. The number of nitrogens with one attached hydrogen (secondary N) is 1. The molecule has 0 saturated heterocycles. The van der Waals surface area contributed by atoms with Crippen molar-refractivity contribution in [1.29, 1.82) is 0 Å². The van der Waals surface area contributed by atoms with Gasteiger partial charge in [-0.1, -0.05) is 6.92 Å². The van der Waals surface area contributed by atoms with E-state index in [0.29, 0.717) is 12.2 Å². The molecule has 4 nitrogen and oxygen atoms in total. The van der Waals surface area contributed by atoms with Gasteiger partial charge in [-0.3, -0.25) is 9.89 Å². The minimum atomic E-state index is -0.225. The number of ether oxygens (including phenoxy) is 1. The average Bonchev–Trinajstić information content (AvgIpc) is 2.70. The summed E-state index contributed by atoms with van der Waals surface area (Å²) in [4.78, 5) is 11.2. The average molecular weight is 204 g/mol. The zero-order valence-electron chi connectivity index (χ0n) is 8.70. The molecule has 1 N–H and O–H groups in total. The minimum absolute atomic E-state index is 0.225. The van der Waals surface area contributed by atoms with Gasteiger partial charge in [-0.25, -0.2) is 0 Å².